The van der Waals surface area contributed by atoms with Gasteiger partial charge in [-0.15, -0.1) is 0 Å². The maximum atomic E-state index is 8.79. The van der Waals surface area contributed by atoms with Crippen LogP contribution in [0.1, 0.15) is 6.42 Å². The highest BCUT2D eigenvalue weighted by molar-refractivity contribution is 4.66. The summed E-state index contributed by atoms with van der Waals surface area (Å²) in [5.41, 5.74) is 0. The van der Waals surface area contributed by atoms with Gasteiger partial charge in [0.2, 0.25) is 0 Å². The van der Waals surface area contributed by atoms with E-state index in [0.717, 1.165) is 0 Å². The summed E-state index contributed by atoms with van der Waals surface area (Å²) < 4.78 is 4.79. The van der Waals surface area contributed by atoms with Crippen molar-refractivity contribution in [2.45, 2.75) is 18.6 Å². The highest BCUT2D eigenvalue weighted by Gasteiger charge is 2.17. The predicted octanol–water partition coefficient (Wildman–Crippen LogP) is -0.872. The van der Waals surface area contributed by atoms with E-state index in [0.29, 0.717) is 19.6 Å². The first-order chi connectivity index (χ1) is 3.79. The Morgan fingerprint density at radius 1 is 1.12 bits per heavy atom. The Labute approximate surface area is 47.9 Å². The maximum Gasteiger partial charge on any atom is 0.0799 e. The van der Waals surface area contributed by atoms with Crippen molar-refractivity contribution in [2.24, 2.45) is 0 Å². The van der Waals surface area contributed by atoms with Gasteiger partial charge in [0, 0.05) is 6.42 Å². The number of hydrogen-bond acceptors (Lipinski definition) is 3. The summed E-state index contributed by atoms with van der Waals surface area (Å²) in [7, 11) is 0. The van der Waals surface area contributed by atoms with E-state index in [4.69, 9.17) is 14.9 Å². The summed E-state index contributed by atoms with van der Waals surface area (Å²) in [4.78, 5) is 0. The molecule has 1 fully saturated rings. The molecule has 3 heteroatoms. The van der Waals surface area contributed by atoms with Crippen LogP contribution in [0.15, 0.2) is 0 Å². The Hall–Kier alpha value is -0.120. The fraction of sp³-hybridized carbons (Fsp3) is 1.00. The SMILES string of the molecule is O[C@@H]1COC[C@@H](O)C1. The summed E-state index contributed by atoms with van der Waals surface area (Å²) >= 11 is 0. The number of ether oxygens (including phenoxy) is 1. The second kappa shape index (κ2) is 2.44. The highest BCUT2D eigenvalue weighted by Crippen LogP contribution is 2.05. The van der Waals surface area contributed by atoms with Crippen LogP contribution in [0.3, 0.4) is 0 Å². The summed E-state index contributed by atoms with van der Waals surface area (Å²) in [6.07, 6.45) is -0.461. The van der Waals surface area contributed by atoms with E-state index in [1.54, 1.807) is 0 Å². The van der Waals surface area contributed by atoms with Crippen LogP contribution in [0, 0.1) is 0 Å². The zero-order valence-corrected chi connectivity index (χ0v) is 4.58. The smallest absolute Gasteiger partial charge is 0.0799 e. The van der Waals surface area contributed by atoms with Gasteiger partial charge in [-0.05, 0) is 0 Å². The Morgan fingerprint density at radius 3 is 1.88 bits per heavy atom. The third kappa shape index (κ3) is 1.43. The fourth-order valence-corrected chi connectivity index (χ4v) is 0.790. The molecule has 48 valence electrons. The van der Waals surface area contributed by atoms with Gasteiger partial charge in [-0.1, -0.05) is 0 Å². The molecule has 0 bridgehead atoms. The number of aliphatic hydroxyl groups excluding tert-OH is 2. The Balaban J connectivity index is 2.23. The van der Waals surface area contributed by atoms with E-state index in [2.05, 4.69) is 0 Å². The molecule has 1 aliphatic rings. The Bertz CT molecular complexity index is 66.1. The van der Waals surface area contributed by atoms with E-state index in [1.165, 1.54) is 0 Å². The molecule has 8 heavy (non-hydrogen) atoms. The molecular formula is C5H10O3. The molecule has 0 spiro atoms. The van der Waals surface area contributed by atoms with Crippen LogP contribution in [0.25, 0.3) is 0 Å². The minimum atomic E-state index is -0.459. The van der Waals surface area contributed by atoms with Crippen molar-refractivity contribution in [1.29, 1.82) is 0 Å². The zero-order chi connectivity index (χ0) is 5.98. The lowest BCUT2D eigenvalue weighted by Gasteiger charge is -2.21. The van der Waals surface area contributed by atoms with E-state index in [1.807, 2.05) is 0 Å². The number of hydrogen-bond donors (Lipinski definition) is 2. The van der Waals surface area contributed by atoms with Gasteiger partial charge >= 0.3 is 0 Å². The molecule has 0 unspecified atom stereocenters. The molecule has 1 rings (SSSR count). The molecule has 0 aliphatic carbocycles. The van der Waals surface area contributed by atoms with Crippen molar-refractivity contribution in [3.8, 4) is 0 Å². The lowest BCUT2D eigenvalue weighted by atomic mass is 10.1. The standard InChI is InChI=1S/C5H10O3/c6-4-1-5(7)3-8-2-4/h4-7H,1-3H2/t4-,5-/m0/s1. The van der Waals surface area contributed by atoms with Crippen LogP contribution in [-0.2, 0) is 4.74 Å². The molecule has 3 nitrogen and oxygen atoms in total. The summed E-state index contributed by atoms with van der Waals surface area (Å²) in [5.74, 6) is 0. The quantitative estimate of drug-likeness (QED) is 0.434. The minimum Gasteiger partial charge on any atom is -0.391 e. The Kier molecular flexibility index (Phi) is 1.83. The number of aliphatic hydroxyl groups is 2. The summed E-state index contributed by atoms with van der Waals surface area (Å²) in [6, 6.07) is 0. The molecule has 0 radical (unpaired) electrons. The fourth-order valence-electron chi connectivity index (χ4n) is 0.790. The van der Waals surface area contributed by atoms with Gasteiger partial charge in [0.05, 0.1) is 25.4 Å². The first-order valence-electron chi connectivity index (χ1n) is 2.73. The molecule has 1 heterocycles. The maximum absolute atomic E-state index is 8.79. The van der Waals surface area contributed by atoms with E-state index in [-0.39, 0.29) is 0 Å². The van der Waals surface area contributed by atoms with E-state index >= 15 is 0 Å². The molecule has 1 aliphatic heterocycles. The monoisotopic (exact) mass is 118 g/mol. The van der Waals surface area contributed by atoms with Gasteiger partial charge in [-0.3, -0.25) is 0 Å². The van der Waals surface area contributed by atoms with Crippen LogP contribution in [0.4, 0.5) is 0 Å². The normalized spacial score (nSPS) is 39.8. The molecule has 2 N–H and O–H groups in total. The van der Waals surface area contributed by atoms with Gasteiger partial charge in [-0.2, -0.15) is 0 Å². The van der Waals surface area contributed by atoms with Gasteiger partial charge in [0.15, 0.2) is 0 Å². The third-order valence-electron chi connectivity index (χ3n) is 1.16. The van der Waals surface area contributed by atoms with E-state index in [9.17, 15) is 0 Å². The van der Waals surface area contributed by atoms with Crippen molar-refractivity contribution < 1.29 is 14.9 Å². The van der Waals surface area contributed by atoms with Crippen molar-refractivity contribution >= 4 is 0 Å². The molecule has 0 amide bonds. The second-order valence-electron chi connectivity index (χ2n) is 2.08. The van der Waals surface area contributed by atoms with E-state index < -0.39 is 12.2 Å². The van der Waals surface area contributed by atoms with Gasteiger partial charge in [0.1, 0.15) is 0 Å². The molecule has 0 saturated carbocycles. The summed E-state index contributed by atoms with van der Waals surface area (Å²) in [5, 5.41) is 17.6. The van der Waals surface area contributed by atoms with Crippen molar-refractivity contribution in [3.63, 3.8) is 0 Å². The first kappa shape index (κ1) is 6.01. The minimum absolute atomic E-state index is 0.372. The van der Waals surface area contributed by atoms with Gasteiger partial charge in [0.25, 0.3) is 0 Å². The van der Waals surface area contributed by atoms with Crippen LogP contribution in [0.5, 0.6) is 0 Å². The number of rotatable bonds is 0. The Morgan fingerprint density at radius 2 is 1.62 bits per heavy atom. The van der Waals surface area contributed by atoms with Crippen LogP contribution < -0.4 is 0 Å². The van der Waals surface area contributed by atoms with Gasteiger partial charge < -0.3 is 14.9 Å². The average Bonchev–Trinajstić information content (AvgIpc) is 1.64. The molecule has 0 aromatic heterocycles. The topological polar surface area (TPSA) is 49.7 Å². The van der Waals surface area contributed by atoms with Crippen LogP contribution >= 0.6 is 0 Å². The average molecular weight is 118 g/mol. The lowest BCUT2D eigenvalue weighted by Crippen LogP contribution is -2.32. The third-order valence-corrected chi connectivity index (χ3v) is 1.16. The molecule has 2 atom stereocenters. The molecule has 0 aromatic carbocycles. The van der Waals surface area contributed by atoms with Gasteiger partial charge in [-0.25, -0.2) is 0 Å². The molecule has 0 aromatic rings. The predicted molar refractivity (Wildman–Crippen MR) is 27.4 cm³/mol. The first-order valence-corrected chi connectivity index (χ1v) is 2.73. The largest absolute Gasteiger partial charge is 0.391 e. The summed E-state index contributed by atoms with van der Waals surface area (Å²) in [6.45, 7) is 0.744. The lowest BCUT2D eigenvalue weighted by molar-refractivity contribution is -0.0714. The van der Waals surface area contributed by atoms with Crippen molar-refractivity contribution in [1.82, 2.24) is 0 Å². The zero-order valence-electron chi connectivity index (χ0n) is 4.58. The van der Waals surface area contributed by atoms with Crippen LogP contribution in [-0.4, -0.2) is 35.6 Å². The van der Waals surface area contributed by atoms with Crippen LogP contribution in [0.2, 0.25) is 0 Å². The van der Waals surface area contributed by atoms with Crippen molar-refractivity contribution in [2.75, 3.05) is 13.2 Å². The molecular weight excluding hydrogens is 108 g/mol. The second-order valence-corrected chi connectivity index (χ2v) is 2.08. The van der Waals surface area contributed by atoms with Crippen molar-refractivity contribution in [3.05, 3.63) is 0 Å². The highest BCUT2D eigenvalue weighted by atomic mass is 16.5. The molecule has 1 saturated heterocycles.